The molecule has 0 saturated carbocycles. The predicted octanol–water partition coefficient (Wildman–Crippen LogP) is -1.56. The average molecular weight is 300 g/mol. The summed E-state index contributed by atoms with van der Waals surface area (Å²) in [5.41, 5.74) is 0. The van der Waals surface area contributed by atoms with Gasteiger partial charge in [0.15, 0.2) is 0 Å². The number of hydrogen-bond donors (Lipinski definition) is 2. The molecule has 0 rings (SSSR count). The predicted molar refractivity (Wildman–Crippen MR) is 53.8 cm³/mol. The zero-order valence-corrected chi connectivity index (χ0v) is 11.8. The molecule has 0 spiro atoms. The Morgan fingerprint density at radius 2 is 1.62 bits per heavy atom. The van der Waals surface area contributed by atoms with Gasteiger partial charge in [-0.3, -0.25) is 9.11 Å². The zero-order chi connectivity index (χ0) is 12.3. The molecule has 11 heteroatoms. The molecule has 0 aliphatic rings. The Morgan fingerprint density at radius 3 is 1.88 bits per heavy atom. The smallest absolute Gasteiger partial charge is 0.330 e. The largest absolute Gasteiger partial charge is 0.460 e. The Bertz CT molecular complexity index is 417. The molecule has 90 valence electrons. The van der Waals surface area contributed by atoms with Crippen LogP contribution in [0.1, 0.15) is 0 Å². The molecule has 0 fully saturated rings. The fraction of sp³-hybridized carbons (Fsp3) is 0.400. The maximum absolute atomic E-state index is 10.5. The number of carbonyl (C=O) groups excluding carboxylic acids is 1. The Balaban J connectivity index is 0. The van der Waals surface area contributed by atoms with E-state index in [1.165, 1.54) is 0 Å². The van der Waals surface area contributed by atoms with Crippen LogP contribution in [0.15, 0.2) is 12.7 Å². The molecule has 0 atom stereocenters. The number of ether oxygens (including phenoxy) is 1. The van der Waals surface area contributed by atoms with Crippen LogP contribution in [0.25, 0.3) is 0 Å². The molecule has 0 aromatic carbocycles. The van der Waals surface area contributed by atoms with Gasteiger partial charge in [-0.2, -0.15) is 16.8 Å². The second kappa shape index (κ2) is 6.89. The molecule has 0 bridgehead atoms. The molecule has 0 aliphatic heterocycles. The average Bonchev–Trinajstić information content (AvgIpc) is 1.99. The van der Waals surface area contributed by atoms with Gasteiger partial charge in [0.05, 0.1) is 0 Å². The Morgan fingerprint density at radius 1 is 1.25 bits per heavy atom. The van der Waals surface area contributed by atoms with Crippen LogP contribution < -0.4 is 0 Å². The van der Waals surface area contributed by atoms with Gasteiger partial charge in [0.1, 0.15) is 6.61 Å². The third-order valence-corrected chi connectivity index (χ3v) is 4.25. The van der Waals surface area contributed by atoms with E-state index in [1.807, 2.05) is 0 Å². The van der Waals surface area contributed by atoms with Crippen LogP contribution in [0.2, 0.25) is 0 Å². The summed E-state index contributed by atoms with van der Waals surface area (Å²) in [5.74, 6) is -1.09. The molecule has 0 unspecified atom stereocenters. The van der Waals surface area contributed by atoms with Gasteiger partial charge in [-0.1, -0.05) is 6.58 Å². The van der Waals surface area contributed by atoms with Gasteiger partial charge in [0.2, 0.25) is 4.58 Å². The van der Waals surface area contributed by atoms with Crippen molar-refractivity contribution in [2.45, 2.75) is 4.58 Å². The van der Waals surface area contributed by atoms with E-state index in [4.69, 9.17) is 9.11 Å². The molecule has 0 heterocycles. The van der Waals surface area contributed by atoms with Gasteiger partial charge in [-0.05, 0) is 0 Å². The first-order valence-electron chi connectivity index (χ1n) is 3.31. The maximum atomic E-state index is 10.5. The van der Waals surface area contributed by atoms with Crippen LogP contribution in [0.3, 0.4) is 0 Å². The third-order valence-electron chi connectivity index (χ3n) is 1.19. The Labute approximate surface area is 122 Å². The van der Waals surface area contributed by atoms with Crippen molar-refractivity contribution in [2.24, 2.45) is 0 Å². The van der Waals surface area contributed by atoms with E-state index in [0.29, 0.717) is 6.08 Å². The quantitative estimate of drug-likeness (QED) is 0.269. The first kappa shape index (κ1) is 18.6. The second-order valence-corrected chi connectivity index (χ2v) is 5.79. The zero-order valence-electron chi connectivity index (χ0n) is 7.94. The topological polar surface area (TPSA) is 135 Å². The minimum absolute atomic E-state index is 0. The summed E-state index contributed by atoms with van der Waals surface area (Å²) < 4.78 is 60.2. The van der Waals surface area contributed by atoms with Crippen LogP contribution in [0.4, 0.5) is 0 Å². The van der Waals surface area contributed by atoms with Crippen LogP contribution in [-0.2, 0) is 29.8 Å². The van der Waals surface area contributed by atoms with Crippen LogP contribution in [0.5, 0.6) is 0 Å². The minimum Gasteiger partial charge on any atom is -0.460 e. The van der Waals surface area contributed by atoms with E-state index in [1.54, 1.807) is 0 Å². The Kier molecular flexibility index (Phi) is 8.03. The standard InChI is InChI=1S/C5H8O8S2.Ca/c1-2-4(6)13-3-5(14(7,8)9)15(10,11)12;/h2,5H,1,3H2,(H,7,8,9)(H,10,11,12);. The van der Waals surface area contributed by atoms with E-state index in [-0.39, 0.29) is 37.7 Å². The number of esters is 1. The molecule has 8 nitrogen and oxygen atoms in total. The van der Waals surface area contributed by atoms with Crippen LogP contribution in [0, 0.1) is 0 Å². The first-order chi connectivity index (χ1) is 6.59. The summed E-state index contributed by atoms with van der Waals surface area (Å²) in [5, 5.41) is 0. The van der Waals surface area contributed by atoms with Gasteiger partial charge in [-0.25, -0.2) is 4.79 Å². The first-order valence-corrected chi connectivity index (χ1v) is 6.31. The van der Waals surface area contributed by atoms with Crippen molar-refractivity contribution in [1.82, 2.24) is 0 Å². The summed E-state index contributed by atoms with van der Waals surface area (Å²) in [6.07, 6.45) is 0.658. The molecular weight excluding hydrogens is 292 g/mol. The molecule has 0 aromatic rings. The van der Waals surface area contributed by atoms with Gasteiger partial charge in [0.25, 0.3) is 20.2 Å². The molecular formula is C5H8CaO8S2. The van der Waals surface area contributed by atoms with Gasteiger partial charge < -0.3 is 4.74 Å². The molecule has 0 amide bonds. The van der Waals surface area contributed by atoms with Crippen molar-refractivity contribution in [3.05, 3.63) is 12.7 Å². The van der Waals surface area contributed by atoms with E-state index in [9.17, 15) is 21.6 Å². The van der Waals surface area contributed by atoms with Crippen molar-refractivity contribution in [2.75, 3.05) is 6.61 Å². The van der Waals surface area contributed by atoms with Gasteiger partial charge >= 0.3 is 5.97 Å². The van der Waals surface area contributed by atoms with Crippen molar-refractivity contribution in [1.29, 1.82) is 0 Å². The number of hydrogen-bond acceptors (Lipinski definition) is 6. The molecule has 2 radical (unpaired) electrons. The molecule has 0 saturated heterocycles. The summed E-state index contributed by atoms with van der Waals surface area (Å²) in [6, 6.07) is 0. The SMILES string of the molecule is C=CC(=O)OCC(S(=O)(=O)O)S(=O)(=O)O.[Ca]. The minimum atomic E-state index is -5.08. The van der Waals surface area contributed by atoms with Crippen LogP contribution >= 0.6 is 0 Å². The molecule has 0 aliphatic carbocycles. The summed E-state index contributed by atoms with van der Waals surface area (Å²) in [6.45, 7) is 1.74. The Hall–Kier alpha value is 0.290. The normalized spacial score (nSPS) is 11.7. The molecule has 0 aromatic heterocycles. The van der Waals surface area contributed by atoms with Crippen LogP contribution in [-0.4, -0.2) is 80.8 Å². The second-order valence-electron chi connectivity index (χ2n) is 2.29. The maximum Gasteiger partial charge on any atom is 0.330 e. The van der Waals surface area contributed by atoms with Crippen molar-refractivity contribution >= 4 is 63.9 Å². The summed E-state index contributed by atoms with van der Waals surface area (Å²) in [7, 11) is -10.2. The van der Waals surface area contributed by atoms with Crippen molar-refractivity contribution < 1.29 is 35.5 Å². The van der Waals surface area contributed by atoms with Crippen molar-refractivity contribution in [3.63, 3.8) is 0 Å². The number of rotatable bonds is 5. The summed E-state index contributed by atoms with van der Waals surface area (Å²) >= 11 is 0. The van der Waals surface area contributed by atoms with E-state index >= 15 is 0 Å². The monoisotopic (exact) mass is 300 g/mol. The van der Waals surface area contributed by atoms with E-state index in [2.05, 4.69) is 11.3 Å². The summed E-state index contributed by atoms with van der Waals surface area (Å²) in [4.78, 5) is 10.5. The number of carbonyl (C=O) groups is 1. The van der Waals surface area contributed by atoms with E-state index in [0.717, 1.165) is 0 Å². The van der Waals surface area contributed by atoms with Gasteiger partial charge in [-0.15, -0.1) is 0 Å². The fourth-order valence-corrected chi connectivity index (χ4v) is 2.24. The molecule has 2 N–H and O–H groups in total. The van der Waals surface area contributed by atoms with Crippen molar-refractivity contribution in [3.8, 4) is 0 Å². The molecule has 16 heavy (non-hydrogen) atoms. The van der Waals surface area contributed by atoms with E-state index < -0.39 is 37.4 Å². The fourth-order valence-electron chi connectivity index (χ4n) is 0.535. The van der Waals surface area contributed by atoms with Gasteiger partial charge in [0, 0.05) is 43.8 Å². The third kappa shape index (κ3) is 6.78.